The Morgan fingerprint density at radius 3 is 2.65 bits per heavy atom. The first-order valence-corrected chi connectivity index (χ1v) is 8.55. The molecule has 0 saturated carbocycles. The molecule has 20 heavy (non-hydrogen) atoms. The zero-order valence-electron chi connectivity index (χ0n) is 11.4. The van der Waals surface area contributed by atoms with Gasteiger partial charge in [0.05, 0.1) is 16.6 Å². The fourth-order valence-electron chi connectivity index (χ4n) is 2.45. The van der Waals surface area contributed by atoms with Crippen molar-refractivity contribution in [2.75, 3.05) is 6.54 Å². The average Bonchev–Trinajstić information content (AvgIpc) is 2.46. The quantitative estimate of drug-likeness (QED) is 0.635. The SMILES string of the molecule is CC1CCCCN1S(=O)(=O)c1ccc(CN=C=S)cc1. The van der Waals surface area contributed by atoms with Gasteiger partial charge in [0, 0.05) is 12.6 Å². The fraction of sp³-hybridized carbons (Fsp3) is 0.500. The van der Waals surface area contributed by atoms with Crippen molar-refractivity contribution in [2.45, 2.75) is 43.7 Å². The van der Waals surface area contributed by atoms with Gasteiger partial charge in [-0.3, -0.25) is 0 Å². The van der Waals surface area contributed by atoms with Crippen LogP contribution in [-0.2, 0) is 16.6 Å². The van der Waals surface area contributed by atoms with Crippen LogP contribution in [0.4, 0.5) is 0 Å². The van der Waals surface area contributed by atoms with Gasteiger partial charge < -0.3 is 0 Å². The number of benzene rings is 1. The van der Waals surface area contributed by atoms with Gasteiger partial charge in [0.15, 0.2) is 0 Å². The highest BCUT2D eigenvalue weighted by atomic mass is 32.2. The molecule has 1 saturated heterocycles. The molecule has 2 rings (SSSR count). The minimum Gasteiger partial charge on any atom is -0.228 e. The number of nitrogens with zero attached hydrogens (tertiary/aromatic N) is 2. The zero-order chi connectivity index (χ0) is 14.6. The molecule has 1 aliphatic heterocycles. The Morgan fingerprint density at radius 1 is 1.35 bits per heavy atom. The predicted octanol–water partition coefficient (Wildman–Crippen LogP) is 2.85. The summed E-state index contributed by atoms with van der Waals surface area (Å²) in [5, 5.41) is 2.30. The number of thiocarbonyl (C=S) groups is 1. The second-order valence-electron chi connectivity index (χ2n) is 5.01. The lowest BCUT2D eigenvalue weighted by molar-refractivity contribution is 0.268. The van der Waals surface area contributed by atoms with Crippen molar-refractivity contribution in [2.24, 2.45) is 4.99 Å². The molecule has 0 spiro atoms. The minimum atomic E-state index is -3.38. The molecule has 1 unspecified atom stereocenters. The predicted molar refractivity (Wildman–Crippen MR) is 82.4 cm³/mol. The largest absolute Gasteiger partial charge is 0.243 e. The maximum absolute atomic E-state index is 12.6. The molecule has 0 amide bonds. The first-order valence-electron chi connectivity index (χ1n) is 6.70. The first kappa shape index (κ1) is 15.3. The number of piperidine rings is 1. The molecule has 0 N–H and O–H groups in total. The molecule has 1 atom stereocenters. The van der Waals surface area contributed by atoms with Crippen molar-refractivity contribution >= 4 is 27.4 Å². The lowest BCUT2D eigenvalue weighted by Gasteiger charge is -2.32. The van der Waals surface area contributed by atoms with E-state index in [1.54, 1.807) is 28.6 Å². The number of isothiocyanates is 1. The molecule has 1 heterocycles. The van der Waals surface area contributed by atoms with E-state index in [0.29, 0.717) is 18.0 Å². The molecule has 0 radical (unpaired) electrons. The van der Waals surface area contributed by atoms with Gasteiger partial charge in [-0.1, -0.05) is 18.6 Å². The van der Waals surface area contributed by atoms with Crippen molar-refractivity contribution in [3.05, 3.63) is 29.8 Å². The van der Waals surface area contributed by atoms with Gasteiger partial charge in [0.25, 0.3) is 0 Å². The van der Waals surface area contributed by atoms with Gasteiger partial charge in [-0.15, -0.1) is 0 Å². The summed E-state index contributed by atoms with van der Waals surface area (Å²) in [7, 11) is -3.38. The molecule has 1 aromatic carbocycles. The Hall–Kier alpha value is -1.07. The standard InChI is InChI=1S/C14H18N2O2S2/c1-12-4-2-3-9-16(12)20(17,18)14-7-5-13(6-8-14)10-15-11-19/h5-8,12H,2-4,9-10H2,1H3. The Kier molecular flexibility index (Phi) is 5.05. The lowest BCUT2D eigenvalue weighted by Crippen LogP contribution is -2.41. The van der Waals surface area contributed by atoms with Crippen LogP contribution in [0.1, 0.15) is 31.7 Å². The normalized spacial score (nSPS) is 20.4. The summed E-state index contributed by atoms with van der Waals surface area (Å²) in [6.45, 7) is 3.02. The third kappa shape index (κ3) is 3.33. The van der Waals surface area contributed by atoms with E-state index >= 15 is 0 Å². The highest BCUT2D eigenvalue weighted by molar-refractivity contribution is 7.89. The Labute approximate surface area is 125 Å². The van der Waals surface area contributed by atoms with Gasteiger partial charge in [0.2, 0.25) is 10.0 Å². The Balaban J connectivity index is 2.22. The van der Waals surface area contributed by atoms with Crippen molar-refractivity contribution < 1.29 is 8.42 Å². The summed E-state index contributed by atoms with van der Waals surface area (Å²) in [5.41, 5.74) is 0.924. The molecule has 1 aromatic rings. The number of sulfonamides is 1. The molecule has 1 aliphatic rings. The summed E-state index contributed by atoms with van der Waals surface area (Å²) in [5.74, 6) is 0. The Morgan fingerprint density at radius 2 is 2.05 bits per heavy atom. The molecule has 4 nitrogen and oxygen atoms in total. The molecule has 1 fully saturated rings. The minimum absolute atomic E-state index is 0.0767. The lowest BCUT2D eigenvalue weighted by atomic mass is 10.1. The van der Waals surface area contributed by atoms with E-state index in [1.807, 2.05) is 6.92 Å². The van der Waals surface area contributed by atoms with E-state index in [4.69, 9.17) is 0 Å². The van der Waals surface area contributed by atoms with E-state index in [0.717, 1.165) is 24.8 Å². The molecule has 0 aliphatic carbocycles. The zero-order valence-corrected chi connectivity index (χ0v) is 13.1. The highest BCUT2D eigenvalue weighted by Crippen LogP contribution is 2.25. The average molecular weight is 310 g/mol. The molecule has 0 bridgehead atoms. The van der Waals surface area contributed by atoms with Crippen LogP contribution in [-0.4, -0.2) is 30.5 Å². The van der Waals surface area contributed by atoms with Crippen molar-refractivity contribution in [3.63, 3.8) is 0 Å². The van der Waals surface area contributed by atoms with Crippen LogP contribution in [0.25, 0.3) is 0 Å². The van der Waals surface area contributed by atoms with Gasteiger partial charge in [-0.05, 0) is 49.7 Å². The summed E-state index contributed by atoms with van der Waals surface area (Å²) in [6.07, 6.45) is 2.97. The fourth-order valence-corrected chi connectivity index (χ4v) is 4.22. The smallest absolute Gasteiger partial charge is 0.228 e. The maximum atomic E-state index is 12.6. The summed E-state index contributed by atoms with van der Waals surface area (Å²) in [4.78, 5) is 4.19. The number of aliphatic imine (C=N–C) groups is 1. The topological polar surface area (TPSA) is 49.7 Å². The van der Waals surface area contributed by atoms with Crippen molar-refractivity contribution in [1.82, 2.24) is 4.31 Å². The molecule has 108 valence electrons. The first-order chi connectivity index (χ1) is 9.55. The third-order valence-corrected chi connectivity index (χ3v) is 5.76. The van der Waals surface area contributed by atoms with Crippen molar-refractivity contribution in [1.29, 1.82) is 0 Å². The van der Waals surface area contributed by atoms with Crippen molar-refractivity contribution in [3.8, 4) is 0 Å². The Bertz CT molecular complexity index is 605. The van der Waals surface area contributed by atoms with Crippen LogP contribution in [0, 0.1) is 0 Å². The molecular weight excluding hydrogens is 292 g/mol. The van der Waals surface area contributed by atoms with Crippen LogP contribution >= 0.6 is 12.2 Å². The van der Waals surface area contributed by atoms with Gasteiger partial charge in [-0.2, -0.15) is 4.31 Å². The van der Waals surface area contributed by atoms with Crippen LogP contribution in [0.5, 0.6) is 0 Å². The van der Waals surface area contributed by atoms with Gasteiger partial charge in [0.1, 0.15) is 0 Å². The summed E-state index contributed by atoms with van der Waals surface area (Å²) >= 11 is 4.52. The van der Waals surface area contributed by atoms with Crippen LogP contribution in [0.3, 0.4) is 0 Å². The van der Waals surface area contributed by atoms with E-state index in [1.165, 1.54) is 0 Å². The maximum Gasteiger partial charge on any atom is 0.243 e. The van der Waals surface area contributed by atoms with E-state index in [-0.39, 0.29) is 6.04 Å². The monoisotopic (exact) mass is 310 g/mol. The van der Waals surface area contributed by atoms with Gasteiger partial charge in [-0.25, -0.2) is 13.4 Å². The molecule has 6 heteroatoms. The van der Waals surface area contributed by atoms with E-state index in [9.17, 15) is 8.42 Å². The molecule has 0 aromatic heterocycles. The second kappa shape index (κ2) is 6.59. The van der Waals surface area contributed by atoms with E-state index < -0.39 is 10.0 Å². The van der Waals surface area contributed by atoms with Crippen LogP contribution < -0.4 is 0 Å². The second-order valence-corrected chi connectivity index (χ2v) is 7.09. The molecular formula is C14H18N2O2S2. The number of hydrogen-bond donors (Lipinski definition) is 0. The van der Waals surface area contributed by atoms with Crippen LogP contribution in [0.15, 0.2) is 34.2 Å². The van der Waals surface area contributed by atoms with E-state index in [2.05, 4.69) is 22.4 Å². The van der Waals surface area contributed by atoms with Crippen LogP contribution in [0.2, 0.25) is 0 Å². The third-order valence-electron chi connectivity index (χ3n) is 3.60. The summed E-state index contributed by atoms with van der Waals surface area (Å²) in [6, 6.07) is 6.92. The summed E-state index contributed by atoms with van der Waals surface area (Å²) < 4.78 is 26.8. The number of rotatable bonds is 4. The highest BCUT2D eigenvalue weighted by Gasteiger charge is 2.30. The number of hydrogen-bond acceptors (Lipinski definition) is 4. The van der Waals surface area contributed by atoms with Gasteiger partial charge >= 0.3 is 0 Å².